The molecule has 0 fully saturated rings. The number of nitrogens with zero attached hydrogens (tertiary/aromatic N) is 2. The second kappa shape index (κ2) is 5.81. The number of halogens is 1. The number of carbonyl (C=O) groups is 1. The van der Waals surface area contributed by atoms with Gasteiger partial charge in [0.25, 0.3) is 5.91 Å². The lowest BCUT2D eigenvalue weighted by molar-refractivity contribution is 0.0977. The molecule has 1 aromatic carbocycles. The van der Waals surface area contributed by atoms with Crippen LogP contribution in [-0.4, -0.2) is 20.8 Å². The summed E-state index contributed by atoms with van der Waals surface area (Å²) >= 11 is 10.9. The molecule has 0 saturated heterocycles. The van der Waals surface area contributed by atoms with Gasteiger partial charge in [0, 0.05) is 24.0 Å². The highest BCUT2D eigenvalue weighted by Crippen LogP contribution is 2.14. The van der Waals surface area contributed by atoms with E-state index in [0.717, 1.165) is 0 Å². The number of nitrogens with one attached hydrogen (secondary N) is 2. The van der Waals surface area contributed by atoms with Crippen LogP contribution in [0.25, 0.3) is 0 Å². The molecule has 2 N–H and O–H groups in total. The summed E-state index contributed by atoms with van der Waals surface area (Å²) in [4.78, 5) is 11.8. The highest BCUT2D eigenvalue weighted by atomic mass is 35.5. The summed E-state index contributed by atoms with van der Waals surface area (Å²) in [6.07, 6.45) is 3.08. The topological polar surface area (TPSA) is 59.0 Å². The van der Waals surface area contributed by atoms with Crippen molar-refractivity contribution in [3.05, 3.63) is 47.2 Å². The second-order valence-electron chi connectivity index (χ2n) is 3.82. The minimum absolute atomic E-state index is 0.205. The first kappa shape index (κ1) is 13.5. The van der Waals surface area contributed by atoms with Crippen molar-refractivity contribution in [3.8, 4) is 0 Å². The molecule has 5 nitrogen and oxygen atoms in total. The minimum Gasteiger partial charge on any atom is -0.332 e. The van der Waals surface area contributed by atoms with Gasteiger partial charge >= 0.3 is 0 Å². The Morgan fingerprint density at radius 1 is 1.47 bits per heavy atom. The third-order valence-electron chi connectivity index (χ3n) is 2.28. The number of aromatic nitrogens is 2. The van der Waals surface area contributed by atoms with Gasteiger partial charge in [0.1, 0.15) is 0 Å². The third kappa shape index (κ3) is 3.77. The van der Waals surface area contributed by atoms with Gasteiger partial charge in [-0.3, -0.25) is 14.8 Å². The zero-order valence-corrected chi connectivity index (χ0v) is 11.6. The van der Waals surface area contributed by atoms with E-state index in [1.54, 1.807) is 42.2 Å². The van der Waals surface area contributed by atoms with Gasteiger partial charge in [-0.25, -0.2) is 0 Å². The molecule has 0 aliphatic rings. The summed E-state index contributed by atoms with van der Waals surface area (Å²) in [6, 6.07) is 7.05. The number of hydrogen-bond donors (Lipinski definition) is 2. The molecule has 0 atom stereocenters. The summed E-state index contributed by atoms with van der Waals surface area (Å²) in [5, 5.41) is 10.1. The number of benzene rings is 1. The Bertz CT molecular complexity index is 626. The number of anilines is 1. The minimum atomic E-state index is -0.312. The van der Waals surface area contributed by atoms with Gasteiger partial charge in [0.2, 0.25) is 0 Å². The average molecular weight is 295 g/mol. The summed E-state index contributed by atoms with van der Waals surface area (Å²) in [5.41, 5.74) is 1.15. The smallest absolute Gasteiger partial charge is 0.260 e. The van der Waals surface area contributed by atoms with Crippen LogP contribution in [0.3, 0.4) is 0 Å². The van der Waals surface area contributed by atoms with E-state index in [9.17, 15) is 4.79 Å². The number of thiocarbonyl (C=S) groups is 1. The SMILES string of the molecule is Cn1cc(C(=O)NC(=S)Nc2cccc(Cl)c2)cn1. The van der Waals surface area contributed by atoms with Crippen molar-refractivity contribution in [3.63, 3.8) is 0 Å². The van der Waals surface area contributed by atoms with Crippen LogP contribution < -0.4 is 10.6 Å². The van der Waals surface area contributed by atoms with E-state index < -0.39 is 0 Å². The van der Waals surface area contributed by atoms with Crippen molar-refractivity contribution in [1.82, 2.24) is 15.1 Å². The van der Waals surface area contributed by atoms with E-state index >= 15 is 0 Å². The average Bonchev–Trinajstić information content (AvgIpc) is 2.75. The van der Waals surface area contributed by atoms with Crippen molar-refractivity contribution in [2.75, 3.05) is 5.32 Å². The lowest BCUT2D eigenvalue weighted by atomic mass is 10.3. The first-order valence-corrected chi connectivity index (χ1v) is 6.20. The number of hydrogen-bond acceptors (Lipinski definition) is 3. The van der Waals surface area contributed by atoms with Crippen LogP contribution in [0.1, 0.15) is 10.4 Å². The van der Waals surface area contributed by atoms with Crippen LogP contribution >= 0.6 is 23.8 Å². The van der Waals surface area contributed by atoms with Crippen LogP contribution in [-0.2, 0) is 7.05 Å². The van der Waals surface area contributed by atoms with Gasteiger partial charge < -0.3 is 5.32 Å². The molecule has 0 spiro atoms. The van der Waals surface area contributed by atoms with Gasteiger partial charge in [-0.1, -0.05) is 17.7 Å². The highest BCUT2D eigenvalue weighted by Gasteiger charge is 2.09. The Kier molecular flexibility index (Phi) is 4.13. The zero-order chi connectivity index (χ0) is 13.8. The number of carbonyl (C=O) groups excluding carboxylic acids is 1. The fourth-order valence-corrected chi connectivity index (χ4v) is 1.84. The van der Waals surface area contributed by atoms with Crippen LogP contribution in [0.5, 0.6) is 0 Å². The third-order valence-corrected chi connectivity index (χ3v) is 2.72. The van der Waals surface area contributed by atoms with Crippen LogP contribution in [0.15, 0.2) is 36.7 Å². The van der Waals surface area contributed by atoms with Gasteiger partial charge in [-0.15, -0.1) is 0 Å². The Balaban J connectivity index is 1.96. The molecule has 98 valence electrons. The number of aryl methyl sites for hydroxylation is 1. The predicted molar refractivity (Wildman–Crippen MR) is 78.3 cm³/mol. The fourth-order valence-electron chi connectivity index (χ4n) is 1.44. The Morgan fingerprint density at radius 2 is 2.26 bits per heavy atom. The largest absolute Gasteiger partial charge is 0.332 e. The molecule has 0 aliphatic carbocycles. The molecule has 2 rings (SSSR count). The van der Waals surface area contributed by atoms with Crippen LogP contribution in [0.2, 0.25) is 5.02 Å². The fraction of sp³-hybridized carbons (Fsp3) is 0.0833. The van der Waals surface area contributed by atoms with Gasteiger partial charge in [0.15, 0.2) is 5.11 Å². The summed E-state index contributed by atoms with van der Waals surface area (Å²) in [7, 11) is 1.74. The monoisotopic (exact) mass is 294 g/mol. The Hall–Kier alpha value is -1.92. The molecular formula is C12H11ClN4OS. The standard InChI is InChI=1S/C12H11ClN4OS/c1-17-7-8(6-14-17)11(18)16-12(19)15-10-4-2-3-9(13)5-10/h2-7H,1H3,(H2,15,16,18,19). The predicted octanol–water partition coefficient (Wildman–Crippen LogP) is 2.20. The van der Waals surface area contributed by atoms with E-state index in [1.807, 2.05) is 0 Å². The summed E-state index contributed by atoms with van der Waals surface area (Å²) < 4.78 is 1.54. The van der Waals surface area contributed by atoms with Crippen molar-refractivity contribution in [2.24, 2.45) is 7.05 Å². The Morgan fingerprint density at radius 3 is 2.89 bits per heavy atom. The normalized spacial score (nSPS) is 10.0. The maximum atomic E-state index is 11.8. The van der Waals surface area contributed by atoms with Gasteiger partial charge in [-0.2, -0.15) is 5.10 Å². The van der Waals surface area contributed by atoms with E-state index in [2.05, 4.69) is 15.7 Å². The van der Waals surface area contributed by atoms with E-state index in [-0.39, 0.29) is 11.0 Å². The second-order valence-corrected chi connectivity index (χ2v) is 4.67. The summed E-state index contributed by atoms with van der Waals surface area (Å²) in [5.74, 6) is -0.312. The van der Waals surface area contributed by atoms with Crippen molar-refractivity contribution in [1.29, 1.82) is 0 Å². The zero-order valence-electron chi connectivity index (χ0n) is 10.1. The molecule has 1 amide bonds. The summed E-state index contributed by atoms with van der Waals surface area (Å²) in [6.45, 7) is 0. The van der Waals surface area contributed by atoms with Crippen molar-refractivity contribution >= 4 is 40.5 Å². The van der Waals surface area contributed by atoms with Crippen LogP contribution in [0, 0.1) is 0 Å². The van der Waals surface area contributed by atoms with Crippen molar-refractivity contribution in [2.45, 2.75) is 0 Å². The molecule has 0 unspecified atom stereocenters. The molecule has 19 heavy (non-hydrogen) atoms. The maximum Gasteiger partial charge on any atom is 0.260 e. The molecular weight excluding hydrogens is 284 g/mol. The molecule has 2 aromatic rings. The first-order valence-electron chi connectivity index (χ1n) is 5.41. The van der Waals surface area contributed by atoms with Crippen molar-refractivity contribution < 1.29 is 4.79 Å². The van der Waals surface area contributed by atoms with E-state index in [4.69, 9.17) is 23.8 Å². The molecule has 1 aromatic heterocycles. The molecule has 7 heteroatoms. The van der Waals surface area contributed by atoms with E-state index in [1.165, 1.54) is 6.20 Å². The highest BCUT2D eigenvalue weighted by molar-refractivity contribution is 7.80. The van der Waals surface area contributed by atoms with Crippen LogP contribution in [0.4, 0.5) is 5.69 Å². The van der Waals surface area contributed by atoms with Gasteiger partial charge in [-0.05, 0) is 30.4 Å². The maximum absolute atomic E-state index is 11.8. The molecule has 0 bridgehead atoms. The first-order chi connectivity index (χ1) is 9.04. The Labute approximate surface area is 120 Å². The molecule has 0 aliphatic heterocycles. The molecule has 0 saturated carbocycles. The van der Waals surface area contributed by atoms with Gasteiger partial charge in [0.05, 0.1) is 11.8 Å². The number of rotatable bonds is 2. The van der Waals surface area contributed by atoms with E-state index in [0.29, 0.717) is 16.3 Å². The molecule has 0 radical (unpaired) electrons. The number of amides is 1. The lowest BCUT2D eigenvalue weighted by Gasteiger charge is -2.08. The molecule has 1 heterocycles. The quantitative estimate of drug-likeness (QED) is 0.834. The lowest BCUT2D eigenvalue weighted by Crippen LogP contribution is -2.33.